The molecule has 5 nitrogen and oxygen atoms in total. The van der Waals surface area contributed by atoms with Gasteiger partial charge in [-0.3, -0.25) is 4.79 Å². The number of carbonyl (C=O) groups is 1. The van der Waals surface area contributed by atoms with E-state index in [4.69, 9.17) is 20.3 Å². The molecule has 0 amide bonds. The second-order valence-electron chi connectivity index (χ2n) is 4.27. The molecule has 0 aromatic heterocycles. The summed E-state index contributed by atoms with van der Waals surface area (Å²) >= 11 is 0. The largest absolute Gasteiger partial charge is 0.496 e. The number of nitrogens with two attached hydrogens (primary N) is 1. The second-order valence-corrected chi connectivity index (χ2v) is 4.27. The van der Waals surface area contributed by atoms with Gasteiger partial charge in [0, 0.05) is 17.7 Å². The Bertz CT molecular complexity index is 417. The highest BCUT2D eigenvalue weighted by molar-refractivity contribution is 5.68. The van der Waals surface area contributed by atoms with Crippen LogP contribution in [-0.2, 0) is 4.79 Å². The third-order valence-electron chi connectivity index (χ3n) is 2.37. The smallest absolute Gasteiger partial charge is 0.305 e. The molecular formula is C13H19NO4. The van der Waals surface area contributed by atoms with Gasteiger partial charge in [0.2, 0.25) is 0 Å². The molecule has 0 spiro atoms. The van der Waals surface area contributed by atoms with Crippen LogP contribution in [0.3, 0.4) is 0 Å². The highest BCUT2D eigenvalue weighted by atomic mass is 16.5. The minimum absolute atomic E-state index is 0.0632. The van der Waals surface area contributed by atoms with Crippen molar-refractivity contribution in [2.24, 2.45) is 5.73 Å². The monoisotopic (exact) mass is 253 g/mol. The number of ether oxygens (including phenoxy) is 2. The zero-order valence-corrected chi connectivity index (χ0v) is 10.8. The van der Waals surface area contributed by atoms with Gasteiger partial charge in [0.15, 0.2) is 0 Å². The van der Waals surface area contributed by atoms with E-state index in [1.807, 2.05) is 13.8 Å². The number of carboxylic acid groups (broad SMARTS) is 1. The Balaban J connectivity index is 2.95. The Hall–Kier alpha value is -1.75. The molecule has 0 heterocycles. The molecule has 100 valence electrons. The summed E-state index contributed by atoms with van der Waals surface area (Å²) in [6, 6.07) is 4.63. The zero-order chi connectivity index (χ0) is 13.7. The van der Waals surface area contributed by atoms with Crippen LogP contribution in [0.15, 0.2) is 18.2 Å². The maximum Gasteiger partial charge on any atom is 0.305 e. The minimum Gasteiger partial charge on any atom is -0.496 e. The summed E-state index contributed by atoms with van der Waals surface area (Å²) < 4.78 is 10.8. The van der Waals surface area contributed by atoms with Gasteiger partial charge in [-0.1, -0.05) is 6.07 Å². The first kappa shape index (κ1) is 14.3. The third-order valence-corrected chi connectivity index (χ3v) is 2.37. The van der Waals surface area contributed by atoms with Crippen molar-refractivity contribution in [1.82, 2.24) is 0 Å². The normalized spacial score (nSPS) is 12.3. The Morgan fingerprint density at radius 1 is 1.44 bits per heavy atom. The van der Waals surface area contributed by atoms with E-state index in [2.05, 4.69) is 0 Å². The Morgan fingerprint density at radius 3 is 2.61 bits per heavy atom. The van der Waals surface area contributed by atoms with Crippen LogP contribution in [0.25, 0.3) is 0 Å². The molecule has 3 N–H and O–H groups in total. The average Bonchev–Trinajstić information content (AvgIpc) is 2.26. The van der Waals surface area contributed by atoms with Gasteiger partial charge in [-0.2, -0.15) is 0 Å². The number of aliphatic carboxylic acids is 1. The summed E-state index contributed by atoms with van der Waals surface area (Å²) in [5.41, 5.74) is 6.48. The predicted octanol–water partition coefficient (Wildman–Crippen LogP) is 1.96. The fourth-order valence-electron chi connectivity index (χ4n) is 1.64. The van der Waals surface area contributed by atoms with Gasteiger partial charge in [-0.05, 0) is 19.9 Å². The number of hydrogen-bond acceptors (Lipinski definition) is 4. The number of benzene rings is 1. The lowest BCUT2D eigenvalue weighted by molar-refractivity contribution is -0.137. The van der Waals surface area contributed by atoms with Crippen LogP contribution in [0.2, 0.25) is 0 Å². The van der Waals surface area contributed by atoms with E-state index < -0.39 is 12.0 Å². The minimum atomic E-state index is -0.938. The van der Waals surface area contributed by atoms with E-state index in [-0.39, 0.29) is 12.5 Å². The molecule has 0 aliphatic heterocycles. The first-order valence-electron chi connectivity index (χ1n) is 5.76. The standard InChI is InChI=1S/C13H19NO4/c1-8(2)18-9-4-5-10(12(6-9)17-3)11(14)7-13(15)16/h4-6,8,11H,7,14H2,1-3H3,(H,15,16)/t11-/m1/s1. The maximum atomic E-state index is 10.6. The second kappa shape index (κ2) is 6.26. The summed E-state index contributed by atoms with van der Waals surface area (Å²) in [6.45, 7) is 3.85. The van der Waals surface area contributed by atoms with E-state index in [0.29, 0.717) is 17.1 Å². The topological polar surface area (TPSA) is 81.8 Å². The van der Waals surface area contributed by atoms with Crippen molar-refractivity contribution in [2.75, 3.05) is 7.11 Å². The Labute approximate surface area is 107 Å². The number of rotatable bonds is 6. The molecular weight excluding hydrogens is 234 g/mol. The number of hydrogen-bond donors (Lipinski definition) is 2. The molecule has 1 atom stereocenters. The number of carboxylic acids is 1. The average molecular weight is 253 g/mol. The highest BCUT2D eigenvalue weighted by Crippen LogP contribution is 2.30. The molecule has 0 aliphatic carbocycles. The maximum absolute atomic E-state index is 10.6. The highest BCUT2D eigenvalue weighted by Gasteiger charge is 2.16. The van der Waals surface area contributed by atoms with E-state index >= 15 is 0 Å². The van der Waals surface area contributed by atoms with Crippen molar-refractivity contribution >= 4 is 5.97 Å². The molecule has 1 aromatic carbocycles. The SMILES string of the molecule is COc1cc(OC(C)C)ccc1[C@H](N)CC(=O)O. The zero-order valence-electron chi connectivity index (χ0n) is 10.8. The lowest BCUT2D eigenvalue weighted by Crippen LogP contribution is -2.16. The summed E-state index contributed by atoms with van der Waals surface area (Å²) in [6.07, 6.45) is -0.0750. The summed E-state index contributed by atoms with van der Waals surface area (Å²) in [4.78, 5) is 10.6. The summed E-state index contributed by atoms with van der Waals surface area (Å²) in [5, 5.41) is 8.74. The number of methoxy groups -OCH3 is 1. The molecule has 0 bridgehead atoms. The van der Waals surface area contributed by atoms with Gasteiger partial charge in [-0.25, -0.2) is 0 Å². The lowest BCUT2D eigenvalue weighted by atomic mass is 10.0. The van der Waals surface area contributed by atoms with Crippen LogP contribution in [0, 0.1) is 0 Å². The third kappa shape index (κ3) is 3.92. The fourth-order valence-corrected chi connectivity index (χ4v) is 1.64. The van der Waals surface area contributed by atoms with E-state index in [0.717, 1.165) is 0 Å². The summed E-state index contributed by atoms with van der Waals surface area (Å²) in [5.74, 6) is 0.280. The Kier molecular flexibility index (Phi) is 4.97. The molecule has 1 rings (SSSR count). The molecule has 5 heteroatoms. The van der Waals surface area contributed by atoms with Crippen molar-refractivity contribution in [3.05, 3.63) is 23.8 Å². The molecule has 0 saturated carbocycles. The Morgan fingerprint density at radius 2 is 2.11 bits per heavy atom. The van der Waals surface area contributed by atoms with Crippen LogP contribution in [0.4, 0.5) is 0 Å². The van der Waals surface area contributed by atoms with Gasteiger partial charge in [-0.15, -0.1) is 0 Å². The van der Waals surface area contributed by atoms with Crippen LogP contribution >= 0.6 is 0 Å². The van der Waals surface area contributed by atoms with Gasteiger partial charge < -0.3 is 20.3 Å². The first-order valence-corrected chi connectivity index (χ1v) is 5.76. The molecule has 0 fully saturated rings. The van der Waals surface area contributed by atoms with Crippen LogP contribution in [0.1, 0.15) is 31.9 Å². The van der Waals surface area contributed by atoms with E-state index in [1.54, 1.807) is 18.2 Å². The van der Waals surface area contributed by atoms with Gasteiger partial charge in [0.25, 0.3) is 0 Å². The van der Waals surface area contributed by atoms with Crippen molar-refractivity contribution in [3.8, 4) is 11.5 Å². The van der Waals surface area contributed by atoms with Gasteiger partial charge >= 0.3 is 5.97 Å². The van der Waals surface area contributed by atoms with E-state index in [1.165, 1.54) is 7.11 Å². The van der Waals surface area contributed by atoms with Crippen LogP contribution in [0.5, 0.6) is 11.5 Å². The fraction of sp³-hybridized carbons (Fsp3) is 0.462. The lowest BCUT2D eigenvalue weighted by Gasteiger charge is -2.16. The first-order chi connectivity index (χ1) is 8.43. The van der Waals surface area contributed by atoms with Crippen molar-refractivity contribution in [1.29, 1.82) is 0 Å². The molecule has 1 aromatic rings. The van der Waals surface area contributed by atoms with Crippen molar-refractivity contribution < 1.29 is 19.4 Å². The molecule has 0 unspecified atom stereocenters. The molecule has 0 saturated heterocycles. The van der Waals surface area contributed by atoms with E-state index in [9.17, 15) is 4.79 Å². The van der Waals surface area contributed by atoms with Crippen molar-refractivity contribution in [2.45, 2.75) is 32.4 Å². The molecule has 0 radical (unpaired) electrons. The molecule has 0 aliphatic rings. The summed E-state index contributed by atoms with van der Waals surface area (Å²) in [7, 11) is 1.52. The molecule has 18 heavy (non-hydrogen) atoms. The van der Waals surface area contributed by atoms with Gasteiger partial charge in [0.1, 0.15) is 11.5 Å². The quantitative estimate of drug-likeness (QED) is 0.809. The van der Waals surface area contributed by atoms with Crippen LogP contribution < -0.4 is 15.2 Å². The predicted molar refractivity (Wildman–Crippen MR) is 67.9 cm³/mol. The van der Waals surface area contributed by atoms with Crippen molar-refractivity contribution in [3.63, 3.8) is 0 Å². The van der Waals surface area contributed by atoms with Gasteiger partial charge in [0.05, 0.1) is 19.6 Å². The van der Waals surface area contributed by atoms with Crippen LogP contribution in [-0.4, -0.2) is 24.3 Å².